The summed E-state index contributed by atoms with van der Waals surface area (Å²) in [5.41, 5.74) is 1.44. The first-order chi connectivity index (χ1) is 3.79. The molecule has 0 aliphatic heterocycles. The van der Waals surface area contributed by atoms with E-state index in [1.54, 1.807) is 6.92 Å². The second-order valence-electron chi connectivity index (χ2n) is 2.39. The minimum atomic E-state index is -0.614. The first-order valence-corrected chi connectivity index (χ1v) is 3.11. The van der Waals surface area contributed by atoms with Gasteiger partial charge in [0.05, 0.1) is 6.17 Å². The van der Waals surface area contributed by atoms with E-state index in [1.807, 2.05) is 0 Å². The molecule has 0 N–H and O–H groups in total. The minimum Gasteiger partial charge on any atom is -0.248 e. The van der Waals surface area contributed by atoms with E-state index in [1.165, 1.54) is 5.57 Å². The van der Waals surface area contributed by atoms with E-state index in [4.69, 9.17) is 0 Å². The normalized spacial score (nSPS) is 20.0. The van der Waals surface area contributed by atoms with Gasteiger partial charge >= 0.3 is 0 Å². The van der Waals surface area contributed by atoms with E-state index >= 15 is 0 Å². The summed E-state index contributed by atoms with van der Waals surface area (Å²) < 4.78 is 12.1. The van der Waals surface area contributed by atoms with Gasteiger partial charge in [0.15, 0.2) is 0 Å². The Morgan fingerprint density at radius 2 is 2.50 bits per heavy atom. The lowest BCUT2D eigenvalue weighted by molar-refractivity contribution is 0.342. The van der Waals surface area contributed by atoms with Crippen molar-refractivity contribution in [3.8, 4) is 0 Å². The Morgan fingerprint density at radius 3 is 2.88 bits per heavy atom. The fourth-order valence-electron chi connectivity index (χ4n) is 0.661. The average Bonchev–Trinajstić information content (AvgIpc) is 2.41. The molecule has 0 amide bonds. The molecule has 0 bridgehead atoms. The van der Waals surface area contributed by atoms with Crippen molar-refractivity contribution in [1.29, 1.82) is 0 Å². The van der Waals surface area contributed by atoms with Crippen LogP contribution >= 0.6 is 0 Å². The zero-order valence-corrected chi connectivity index (χ0v) is 5.15. The number of hydrogen-bond acceptors (Lipinski definition) is 0. The highest BCUT2D eigenvalue weighted by molar-refractivity contribution is 5.21. The second kappa shape index (κ2) is 2.29. The molecule has 8 heavy (non-hydrogen) atoms. The van der Waals surface area contributed by atoms with E-state index < -0.39 is 6.17 Å². The third kappa shape index (κ3) is 2.10. The molecule has 0 unspecified atom stereocenters. The Kier molecular flexibility index (Phi) is 1.66. The van der Waals surface area contributed by atoms with Crippen molar-refractivity contribution >= 4 is 0 Å². The van der Waals surface area contributed by atoms with Crippen LogP contribution in [0.2, 0.25) is 0 Å². The summed E-state index contributed by atoms with van der Waals surface area (Å²) in [5, 5.41) is 0. The van der Waals surface area contributed by atoms with Crippen LogP contribution in [0.15, 0.2) is 11.6 Å². The van der Waals surface area contributed by atoms with Crippen molar-refractivity contribution in [2.24, 2.45) is 0 Å². The minimum absolute atomic E-state index is 0.614. The average molecular weight is 114 g/mol. The maximum Gasteiger partial charge on any atom is 0.0976 e. The molecule has 0 nitrogen and oxygen atoms in total. The van der Waals surface area contributed by atoms with E-state index in [-0.39, 0.29) is 0 Å². The zero-order valence-electron chi connectivity index (χ0n) is 5.15. The van der Waals surface area contributed by atoms with E-state index in [0.29, 0.717) is 6.42 Å². The summed E-state index contributed by atoms with van der Waals surface area (Å²) in [7, 11) is 0. The Hall–Kier alpha value is -0.330. The van der Waals surface area contributed by atoms with Crippen LogP contribution < -0.4 is 0 Å². The molecule has 1 rings (SSSR count). The molecule has 0 aromatic carbocycles. The lowest BCUT2D eigenvalue weighted by atomic mass is 10.2. The maximum atomic E-state index is 12.1. The van der Waals surface area contributed by atoms with Gasteiger partial charge in [0.25, 0.3) is 0 Å². The zero-order chi connectivity index (χ0) is 5.98. The van der Waals surface area contributed by atoms with Crippen molar-refractivity contribution in [2.45, 2.75) is 32.4 Å². The third-order valence-corrected chi connectivity index (χ3v) is 1.36. The lowest BCUT2D eigenvalue weighted by Crippen LogP contribution is -1.89. The quantitative estimate of drug-likeness (QED) is 0.494. The summed E-state index contributed by atoms with van der Waals surface area (Å²) in [6.07, 6.45) is 4.38. The molecule has 1 aliphatic rings. The van der Waals surface area contributed by atoms with E-state index in [0.717, 1.165) is 12.8 Å². The largest absolute Gasteiger partial charge is 0.248 e. The van der Waals surface area contributed by atoms with Crippen molar-refractivity contribution in [1.82, 2.24) is 0 Å². The van der Waals surface area contributed by atoms with Crippen LogP contribution in [0, 0.1) is 0 Å². The molecule has 0 spiro atoms. The lowest BCUT2D eigenvalue weighted by Gasteiger charge is -1.95. The van der Waals surface area contributed by atoms with Crippen molar-refractivity contribution < 1.29 is 4.39 Å². The van der Waals surface area contributed by atoms with Gasteiger partial charge in [0.2, 0.25) is 0 Å². The monoisotopic (exact) mass is 114 g/mol. The molecule has 1 heteroatoms. The van der Waals surface area contributed by atoms with Crippen molar-refractivity contribution in [2.75, 3.05) is 0 Å². The molecule has 0 aromatic heterocycles. The molecule has 0 saturated heterocycles. The molecular weight excluding hydrogens is 103 g/mol. The molecule has 1 atom stereocenters. The van der Waals surface area contributed by atoms with Crippen LogP contribution in [-0.4, -0.2) is 6.17 Å². The number of alkyl halides is 1. The van der Waals surface area contributed by atoms with Gasteiger partial charge in [0, 0.05) is 0 Å². The van der Waals surface area contributed by atoms with Gasteiger partial charge in [-0.15, -0.1) is 0 Å². The van der Waals surface area contributed by atoms with Gasteiger partial charge in [-0.1, -0.05) is 11.6 Å². The van der Waals surface area contributed by atoms with E-state index in [9.17, 15) is 4.39 Å². The van der Waals surface area contributed by atoms with Crippen LogP contribution in [0.4, 0.5) is 4.39 Å². The summed E-state index contributed by atoms with van der Waals surface area (Å²) in [5.74, 6) is 0. The summed E-state index contributed by atoms with van der Waals surface area (Å²) in [6, 6.07) is 0. The maximum absolute atomic E-state index is 12.1. The molecule has 46 valence electrons. The topological polar surface area (TPSA) is 0 Å². The summed E-state index contributed by atoms with van der Waals surface area (Å²) in [6.45, 7) is 1.61. The van der Waals surface area contributed by atoms with Crippen LogP contribution in [0.5, 0.6) is 0 Å². The molecular formula is C7H11F. The Morgan fingerprint density at radius 1 is 1.88 bits per heavy atom. The number of halogens is 1. The predicted molar refractivity (Wildman–Crippen MR) is 32.5 cm³/mol. The molecule has 0 aromatic rings. The molecule has 1 aliphatic carbocycles. The third-order valence-electron chi connectivity index (χ3n) is 1.36. The number of hydrogen-bond donors (Lipinski definition) is 0. The first-order valence-electron chi connectivity index (χ1n) is 3.11. The fourth-order valence-corrected chi connectivity index (χ4v) is 0.661. The van der Waals surface area contributed by atoms with Crippen LogP contribution in [0.3, 0.4) is 0 Å². The number of allylic oxidation sites excluding steroid dienone is 2. The molecule has 0 radical (unpaired) electrons. The molecule has 0 heterocycles. The van der Waals surface area contributed by atoms with Gasteiger partial charge in [-0.25, -0.2) is 4.39 Å². The standard InChI is InChI=1S/C7H11F/c1-6(8)2-3-7-4-5-7/h4,6H,2-3,5H2,1H3/t6-/m0/s1. The number of rotatable bonds is 3. The fraction of sp³-hybridized carbons (Fsp3) is 0.714. The first kappa shape index (κ1) is 5.80. The SMILES string of the molecule is C[C@H](F)CCC1=CC1. The molecule has 0 saturated carbocycles. The summed E-state index contributed by atoms with van der Waals surface area (Å²) in [4.78, 5) is 0. The van der Waals surface area contributed by atoms with Gasteiger partial charge in [-0.05, 0) is 26.2 Å². The Bertz CT molecular complexity index is 103. The highest BCUT2D eigenvalue weighted by Crippen LogP contribution is 2.24. The smallest absolute Gasteiger partial charge is 0.0976 e. The predicted octanol–water partition coefficient (Wildman–Crippen LogP) is 2.45. The molecule has 0 fully saturated rings. The van der Waals surface area contributed by atoms with Crippen molar-refractivity contribution in [3.05, 3.63) is 11.6 Å². The van der Waals surface area contributed by atoms with Crippen LogP contribution in [0.1, 0.15) is 26.2 Å². The van der Waals surface area contributed by atoms with E-state index in [2.05, 4.69) is 6.08 Å². The second-order valence-corrected chi connectivity index (χ2v) is 2.39. The Labute approximate surface area is 49.4 Å². The highest BCUT2D eigenvalue weighted by atomic mass is 19.1. The summed E-state index contributed by atoms with van der Waals surface area (Å²) >= 11 is 0. The van der Waals surface area contributed by atoms with Crippen LogP contribution in [0.25, 0.3) is 0 Å². The van der Waals surface area contributed by atoms with Gasteiger partial charge in [-0.3, -0.25) is 0 Å². The highest BCUT2D eigenvalue weighted by Gasteiger charge is 2.07. The Balaban J connectivity index is 1.95. The van der Waals surface area contributed by atoms with Crippen molar-refractivity contribution in [3.63, 3.8) is 0 Å². The van der Waals surface area contributed by atoms with Gasteiger partial charge in [-0.2, -0.15) is 0 Å². The van der Waals surface area contributed by atoms with Gasteiger partial charge < -0.3 is 0 Å². The van der Waals surface area contributed by atoms with Crippen LogP contribution in [-0.2, 0) is 0 Å². The van der Waals surface area contributed by atoms with Gasteiger partial charge in [0.1, 0.15) is 0 Å².